The minimum absolute atomic E-state index is 0.114. The second-order valence-corrected chi connectivity index (χ2v) is 4.45. The number of nitrogens with zero attached hydrogens (tertiary/aromatic N) is 1. The SMILES string of the molecule is C=CCN(CCC)C(=O)c1cc2cc(N)ccc2o1. The first-order valence-corrected chi connectivity index (χ1v) is 6.35. The summed E-state index contributed by atoms with van der Waals surface area (Å²) in [6.45, 7) is 6.91. The molecule has 0 bridgehead atoms. The van der Waals surface area contributed by atoms with Crippen LogP contribution in [0.5, 0.6) is 0 Å². The Kier molecular flexibility index (Phi) is 3.90. The fraction of sp³-hybridized carbons (Fsp3) is 0.267. The maximum absolute atomic E-state index is 12.3. The molecule has 0 atom stereocenters. The van der Waals surface area contributed by atoms with Crippen molar-refractivity contribution in [2.24, 2.45) is 0 Å². The first-order chi connectivity index (χ1) is 9.15. The van der Waals surface area contributed by atoms with Crippen LogP contribution in [-0.4, -0.2) is 23.9 Å². The molecule has 1 aromatic carbocycles. The number of nitrogen functional groups attached to an aromatic ring is 1. The summed E-state index contributed by atoms with van der Waals surface area (Å²) >= 11 is 0. The molecule has 4 heteroatoms. The second-order valence-electron chi connectivity index (χ2n) is 4.45. The quantitative estimate of drug-likeness (QED) is 0.662. The maximum Gasteiger partial charge on any atom is 0.289 e. The number of hydrogen-bond donors (Lipinski definition) is 1. The molecular formula is C15H18N2O2. The standard InChI is InChI=1S/C15H18N2O2/c1-3-7-17(8-4-2)15(18)14-10-11-9-12(16)5-6-13(11)19-14/h3,5-6,9-10H,1,4,7-8,16H2,2H3. The zero-order valence-electron chi connectivity index (χ0n) is 11.1. The minimum Gasteiger partial charge on any atom is -0.451 e. The molecule has 2 rings (SSSR count). The average molecular weight is 258 g/mol. The highest BCUT2D eigenvalue weighted by Crippen LogP contribution is 2.22. The summed E-state index contributed by atoms with van der Waals surface area (Å²) in [5.74, 6) is 0.229. The highest BCUT2D eigenvalue weighted by Gasteiger charge is 2.18. The molecule has 0 aliphatic rings. The fourth-order valence-electron chi connectivity index (χ4n) is 2.02. The summed E-state index contributed by atoms with van der Waals surface area (Å²) in [6.07, 6.45) is 2.61. The molecule has 0 saturated heterocycles. The first-order valence-electron chi connectivity index (χ1n) is 6.35. The van der Waals surface area contributed by atoms with E-state index in [1.54, 1.807) is 35.2 Å². The maximum atomic E-state index is 12.3. The lowest BCUT2D eigenvalue weighted by Crippen LogP contribution is -2.31. The van der Waals surface area contributed by atoms with Crippen molar-refractivity contribution in [2.45, 2.75) is 13.3 Å². The second kappa shape index (κ2) is 5.61. The molecule has 100 valence electrons. The van der Waals surface area contributed by atoms with E-state index in [1.165, 1.54) is 0 Å². The number of furan rings is 1. The third-order valence-corrected chi connectivity index (χ3v) is 2.88. The zero-order chi connectivity index (χ0) is 13.8. The Morgan fingerprint density at radius 2 is 2.26 bits per heavy atom. The van der Waals surface area contributed by atoms with Crippen molar-refractivity contribution in [2.75, 3.05) is 18.8 Å². The van der Waals surface area contributed by atoms with Gasteiger partial charge in [0.2, 0.25) is 0 Å². The Bertz CT molecular complexity index is 601. The van der Waals surface area contributed by atoms with E-state index in [4.69, 9.17) is 10.2 Å². The van der Waals surface area contributed by atoms with E-state index >= 15 is 0 Å². The molecule has 0 spiro atoms. The van der Waals surface area contributed by atoms with Gasteiger partial charge in [-0.1, -0.05) is 13.0 Å². The van der Waals surface area contributed by atoms with E-state index in [9.17, 15) is 4.79 Å². The summed E-state index contributed by atoms with van der Waals surface area (Å²) in [6, 6.07) is 7.07. The van der Waals surface area contributed by atoms with Crippen molar-refractivity contribution in [3.63, 3.8) is 0 Å². The normalized spacial score (nSPS) is 10.6. The number of hydrogen-bond acceptors (Lipinski definition) is 3. The summed E-state index contributed by atoms with van der Waals surface area (Å²) in [5, 5.41) is 0.846. The summed E-state index contributed by atoms with van der Waals surface area (Å²) in [5.41, 5.74) is 7.04. The van der Waals surface area contributed by atoms with E-state index in [1.807, 2.05) is 6.92 Å². The molecule has 0 unspecified atom stereocenters. The minimum atomic E-state index is -0.114. The number of fused-ring (bicyclic) bond motifs is 1. The molecule has 1 aromatic heterocycles. The topological polar surface area (TPSA) is 59.5 Å². The van der Waals surface area contributed by atoms with Crippen molar-refractivity contribution in [1.29, 1.82) is 0 Å². The van der Waals surface area contributed by atoms with Gasteiger partial charge < -0.3 is 15.1 Å². The lowest BCUT2D eigenvalue weighted by molar-refractivity contribution is 0.0744. The molecule has 0 saturated carbocycles. The van der Waals surface area contributed by atoms with Gasteiger partial charge in [-0.15, -0.1) is 6.58 Å². The summed E-state index contributed by atoms with van der Waals surface area (Å²) < 4.78 is 5.58. The van der Waals surface area contributed by atoms with Crippen LogP contribution in [0.4, 0.5) is 5.69 Å². The molecule has 0 aliphatic carbocycles. The molecule has 4 nitrogen and oxygen atoms in total. The van der Waals surface area contributed by atoms with Gasteiger partial charge >= 0.3 is 0 Å². The van der Waals surface area contributed by atoms with Gasteiger partial charge in [-0.2, -0.15) is 0 Å². The Morgan fingerprint density at radius 1 is 1.47 bits per heavy atom. The predicted octanol–water partition coefficient (Wildman–Crippen LogP) is 3.05. The number of benzene rings is 1. The van der Waals surface area contributed by atoms with Crippen LogP contribution >= 0.6 is 0 Å². The van der Waals surface area contributed by atoms with Crippen LogP contribution < -0.4 is 5.73 Å². The fourth-order valence-corrected chi connectivity index (χ4v) is 2.02. The van der Waals surface area contributed by atoms with Crippen LogP contribution in [0, 0.1) is 0 Å². The summed E-state index contributed by atoms with van der Waals surface area (Å²) in [7, 11) is 0. The number of anilines is 1. The number of nitrogens with two attached hydrogens (primary N) is 1. The van der Waals surface area contributed by atoms with E-state index in [2.05, 4.69) is 6.58 Å². The number of carbonyl (C=O) groups is 1. The van der Waals surface area contributed by atoms with Crippen LogP contribution in [-0.2, 0) is 0 Å². The molecule has 2 N–H and O–H groups in total. The Balaban J connectivity index is 2.31. The monoisotopic (exact) mass is 258 g/mol. The van der Waals surface area contributed by atoms with Crippen molar-refractivity contribution in [3.8, 4) is 0 Å². The largest absolute Gasteiger partial charge is 0.451 e. The molecule has 1 heterocycles. The van der Waals surface area contributed by atoms with E-state index in [-0.39, 0.29) is 5.91 Å². The van der Waals surface area contributed by atoms with Gasteiger partial charge in [-0.3, -0.25) is 4.79 Å². The Hall–Kier alpha value is -2.23. The van der Waals surface area contributed by atoms with Crippen molar-refractivity contribution < 1.29 is 9.21 Å². The van der Waals surface area contributed by atoms with E-state index < -0.39 is 0 Å². The van der Waals surface area contributed by atoms with Crippen LogP contribution in [0.25, 0.3) is 11.0 Å². The number of carbonyl (C=O) groups excluding carboxylic acids is 1. The lowest BCUT2D eigenvalue weighted by atomic mass is 10.2. The van der Waals surface area contributed by atoms with Gasteiger partial charge in [0.15, 0.2) is 5.76 Å². The van der Waals surface area contributed by atoms with Crippen molar-refractivity contribution >= 4 is 22.6 Å². The van der Waals surface area contributed by atoms with Crippen molar-refractivity contribution in [3.05, 3.63) is 42.7 Å². The van der Waals surface area contributed by atoms with Crippen LogP contribution in [0.3, 0.4) is 0 Å². The molecule has 0 aliphatic heterocycles. The van der Waals surface area contributed by atoms with E-state index in [0.29, 0.717) is 30.1 Å². The molecular weight excluding hydrogens is 240 g/mol. The van der Waals surface area contributed by atoms with Gasteiger partial charge in [0.05, 0.1) is 0 Å². The van der Waals surface area contributed by atoms with Gasteiger partial charge in [-0.05, 0) is 30.7 Å². The lowest BCUT2D eigenvalue weighted by Gasteiger charge is -2.18. The molecule has 1 amide bonds. The Morgan fingerprint density at radius 3 is 2.95 bits per heavy atom. The van der Waals surface area contributed by atoms with Gasteiger partial charge in [0.1, 0.15) is 5.58 Å². The first kappa shape index (κ1) is 13.2. The van der Waals surface area contributed by atoms with Gasteiger partial charge in [0, 0.05) is 24.2 Å². The predicted molar refractivity (Wildman–Crippen MR) is 77.0 cm³/mol. The Labute approximate surface area is 112 Å². The molecule has 0 radical (unpaired) electrons. The molecule has 0 fully saturated rings. The number of rotatable bonds is 5. The van der Waals surface area contributed by atoms with Crippen LogP contribution in [0.15, 0.2) is 41.3 Å². The molecule has 19 heavy (non-hydrogen) atoms. The average Bonchev–Trinajstić information content (AvgIpc) is 2.80. The van der Waals surface area contributed by atoms with Gasteiger partial charge in [-0.25, -0.2) is 0 Å². The third-order valence-electron chi connectivity index (χ3n) is 2.88. The van der Waals surface area contributed by atoms with Gasteiger partial charge in [0.25, 0.3) is 5.91 Å². The third kappa shape index (κ3) is 2.78. The highest BCUT2D eigenvalue weighted by atomic mass is 16.3. The zero-order valence-corrected chi connectivity index (χ0v) is 11.1. The van der Waals surface area contributed by atoms with Crippen molar-refractivity contribution in [1.82, 2.24) is 4.90 Å². The van der Waals surface area contributed by atoms with Crippen LogP contribution in [0.1, 0.15) is 23.9 Å². The van der Waals surface area contributed by atoms with Crippen LogP contribution in [0.2, 0.25) is 0 Å². The smallest absolute Gasteiger partial charge is 0.289 e. The number of amides is 1. The molecule has 2 aromatic rings. The highest BCUT2D eigenvalue weighted by molar-refractivity contribution is 5.96. The van der Waals surface area contributed by atoms with E-state index in [0.717, 1.165) is 11.8 Å². The summed E-state index contributed by atoms with van der Waals surface area (Å²) in [4.78, 5) is 14.0.